The zero-order chi connectivity index (χ0) is 14.6. The predicted octanol–water partition coefficient (Wildman–Crippen LogP) is 1.65. The third-order valence-corrected chi connectivity index (χ3v) is 2.46. The van der Waals surface area contributed by atoms with Gasteiger partial charge in [-0.05, 0) is 12.1 Å². The second kappa shape index (κ2) is 5.99. The normalized spacial score (nSPS) is 11.9. The lowest BCUT2D eigenvalue weighted by Crippen LogP contribution is -2.32. The Labute approximate surface area is 109 Å². The third-order valence-electron chi connectivity index (χ3n) is 2.46. The van der Waals surface area contributed by atoms with Crippen molar-refractivity contribution >= 4 is 17.9 Å². The largest absolute Gasteiger partial charge is 0.478 e. The van der Waals surface area contributed by atoms with Gasteiger partial charge in [0.05, 0.1) is 11.1 Å². The number of carboxylic acid groups (broad SMARTS) is 2. The van der Waals surface area contributed by atoms with E-state index in [4.69, 9.17) is 14.9 Å². The topological polar surface area (TPSA) is 101 Å². The van der Waals surface area contributed by atoms with Crippen LogP contribution in [0.5, 0.6) is 0 Å². The highest BCUT2D eigenvalue weighted by molar-refractivity contribution is 6.02. The lowest BCUT2D eigenvalue weighted by molar-refractivity contribution is -0.149. The van der Waals surface area contributed by atoms with E-state index in [1.54, 1.807) is 13.8 Å². The fraction of sp³-hybridized carbons (Fsp3) is 0.308. The molecular formula is C13H14O6. The van der Waals surface area contributed by atoms with E-state index in [1.165, 1.54) is 24.3 Å². The molecule has 0 fully saturated rings. The van der Waals surface area contributed by atoms with E-state index >= 15 is 0 Å². The Bertz CT molecular complexity index is 506. The highest BCUT2D eigenvalue weighted by Crippen LogP contribution is 2.14. The number of aliphatic carboxylic acids is 1. The number of hydrogen-bond acceptors (Lipinski definition) is 4. The van der Waals surface area contributed by atoms with Gasteiger partial charge in [0, 0.05) is 5.92 Å². The Morgan fingerprint density at radius 1 is 1.05 bits per heavy atom. The number of carbonyl (C=O) groups excluding carboxylic acids is 1. The van der Waals surface area contributed by atoms with Crippen molar-refractivity contribution in [1.29, 1.82) is 0 Å². The van der Waals surface area contributed by atoms with Gasteiger partial charge in [0.1, 0.15) is 0 Å². The molecule has 2 N–H and O–H groups in total. The Balaban J connectivity index is 3.01. The molecule has 0 aliphatic rings. The van der Waals surface area contributed by atoms with Crippen molar-refractivity contribution in [3.63, 3.8) is 0 Å². The number of rotatable bonds is 5. The summed E-state index contributed by atoms with van der Waals surface area (Å²) in [5, 5.41) is 17.9. The van der Waals surface area contributed by atoms with Gasteiger partial charge in [-0.25, -0.2) is 14.4 Å². The molecule has 0 aliphatic heterocycles. The SMILES string of the molecule is CC(C)C(OC(=O)c1ccccc1C(=O)O)C(=O)O. The van der Waals surface area contributed by atoms with Gasteiger partial charge in [0.25, 0.3) is 0 Å². The zero-order valence-electron chi connectivity index (χ0n) is 10.5. The molecule has 1 unspecified atom stereocenters. The van der Waals surface area contributed by atoms with Crippen molar-refractivity contribution in [2.24, 2.45) is 5.92 Å². The molecule has 1 aromatic carbocycles. The quantitative estimate of drug-likeness (QED) is 0.786. The molecule has 6 nitrogen and oxygen atoms in total. The van der Waals surface area contributed by atoms with Crippen LogP contribution in [-0.2, 0) is 9.53 Å². The first-order valence-corrected chi connectivity index (χ1v) is 5.60. The molecule has 1 atom stereocenters. The Hall–Kier alpha value is -2.37. The van der Waals surface area contributed by atoms with Crippen molar-refractivity contribution < 1.29 is 29.3 Å². The van der Waals surface area contributed by atoms with Gasteiger partial charge in [-0.2, -0.15) is 0 Å². The molecule has 1 rings (SSSR count). The summed E-state index contributed by atoms with van der Waals surface area (Å²) in [5.74, 6) is -3.92. The van der Waals surface area contributed by atoms with Gasteiger partial charge in [-0.3, -0.25) is 0 Å². The molecule has 0 aliphatic carbocycles. The van der Waals surface area contributed by atoms with Crippen molar-refractivity contribution in [2.75, 3.05) is 0 Å². The predicted molar refractivity (Wildman–Crippen MR) is 65.1 cm³/mol. The fourth-order valence-electron chi connectivity index (χ4n) is 1.50. The van der Waals surface area contributed by atoms with Crippen LogP contribution in [0, 0.1) is 5.92 Å². The van der Waals surface area contributed by atoms with Crippen LogP contribution < -0.4 is 0 Å². The van der Waals surface area contributed by atoms with Gasteiger partial charge < -0.3 is 14.9 Å². The van der Waals surface area contributed by atoms with Crippen molar-refractivity contribution in [3.05, 3.63) is 35.4 Å². The minimum Gasteiger partial charge on any atom is -0.478 e. The molecule has 102 valence electrons. The van der Waals surface area contributed by atoms with E-state index in [1.807, 2.05) is 0 Å². The molecule has 0 spiro atoms. The first-order chi connectivity index (χ1) is 8.84. The minimum atomic E-state index is -1.31. The average Bonchev–Trinajstić information content (AvgIpc) is 2.34. The molecular weight excluding hydrogens is 252 g/mol. The first kappa shape index (κ1) is 14.7. The summed E-state index contributed by atoms with van der Waals surface area (Å²) in [7, 11) is 0. The number of benzene rings is 1. The molecule has 0 saturated heterocycles. The second-order valence-electron chi connectivity index (χ2n) is 4.26. The molecule has 0 aromatic heterocycles. The van der Waals surface area contributed by atoms with E-state index in [0.717, 1.165) is 0 Å². The van der Waals surface area contributed by atoms with E-state index in [2.05, 4.69) is 0 Å². The molecule has 0 bridgehead atoms. The molecule has 19 heavy (non-hydrogen) atoms. The zero-order valence-corrected chi connectivity index (χ0v) is 10.5. The van der Waals surface area contributed by atoms with Crippen LogP contribution in [0.15, 0.2) is 24.3 Å². The number of carboxylic acids is 2. The second-order valence-corrected chi connectivity index (χ2v) is 4.26. The van der Waals surface area contributed by atoms with Crippen LogP contribution >= 0.6 is 0 Å². The van der Waals surface area contributed by atoms with E-state index in [0.29, 0.717) is 0 Å². The maximum atomic E-state index is 11.8. The van der Waals surface area contributed by atoms with Crippen LogP contribution in [0.4, 0.5) is 0 Å². The van der Waals surface area contributed by atoms with Crippen molar-refractivity contribution in [2.45, 2.75) is 20.0 Å². The molecule has 0 saturated carbocycles. The van der Waals surface area contributed by atoms with E-state index in [9.17, 15) is 14.4 Å². The summed E-state index contributed by atoms with van der Waals surface area (Å²) in [6.45, 7) is 3.18. The van der Waals surface area contributed by atoms with Crippen LogP contribution in [0.2, 0.25) is 0 Å². The van der Waals surface area contributed by atoms with Gasteiger partial charge >= 0.3 is 17.9 Å². The number of ether oxygens (including phenoxy) is 1. The molecule has 0 amide bonds. The summed E-state index contributed by atoms with van der Waals surface area (Å²) < 4.78 is 4.85. The van der Waals surface area contributed by atoms with Crippen LogP contribution in [0.25, 0.3) is 0 Å². The maximum Gasteiger partial charge on any atom is 0.345 e. The Kier molecular flexibility index (Phi) is 4.63. The summed E-state index contributed by atoms with van der Waals surface area (Å²) in [5.41, 5.74) is -0.387. The smallest absolute Gasteiger partial charge is 0.345 e. The van der Waals surface area contributed by atoms with Crippen LogP contribution in [0.3, 0.4) is 0 Å². The third kappa shape index (κ3) is 3.54. The molecule has 6 heteroatoms. The lowest BCUT2D eigenvalue weighted by atomic mass is 10.1. The molecule has 0 heterocycles. The van der Waals surface area contributed by atoms with Gasteiger partial charge in [0.2, 0.25) is 6.10 Å². The van der Waals surface area contributed by atoms with Crippen molar-refractivity contribution in [1.82, 2.24) is 0 Å². The van der Waals surface area contributed by atoms with E-state index in [-0.39, 0.29) is 11.1 Å². The fourth-order valence-corrected chi connectivity index (χ4v) is 1.50. The maximum absolute atomic E-state index is 11.8. The molecule has 0 radical (unpaired) electrons. The van der Waals surface area contributed by atoms with E-state index < -0.39 is 29.9 Å². The standard InChI is InChI=1S/C13H14O6/c1-7(2)10(12(16)17)19-13(18)9-6-4-3-5-8(9)11(14)15/h3-7,10H,1-2H3,(H,14,15)(H,16,17). The minimum absolute atomic E-state index is 0.165. The van der Waals surface area contributed by atoms with Gasteiger partial charge in [0.15, 0.2) is 0 Å². The van der Waals surface area contributed by atoms with Crippen LogP contribution in [-0.4, -0.2) is 34.2 Å². The summed E-state index contributed by atoms with van der Waals surface area (Å²) in [6, 6.07) is 5.49. The summed E-state index contributed by atoms with van der Waals surface area (Å²) in [6.07, 6.45) is -1.31. The van der Waals surface area contributed by atoms with Gasteiger partial charge in [-0.15, -0.1) is 0 Å². The van der Waals surface area contributed by atoms with Crippen LogP contribution in [0.1, 0.15) is 34.6 Å². The summed E-state index contributed by atoms with van der Waals surface area (Å²) in [4.78, 5) is 33.7. The first-order valence-electron chi connectivity index (χ1n) is 5.60. The number of aromatic carboxylic acids is 1. The number of hydrogen-bond donors (Lipinski definition) is 2. The Morgan fingerprint density at radius 3 is 2.00 bits per heavy atom. The monoisotopic (exact) mass is 266 g/mol. The average molecular weight is 266 g/mol. The van der Waals surface area contributed by atoms with Gasteiger partial charge in [-0.1, -0.05) is 26.0 Å². The Morgan fingerprint density at radius 2 is 1.58 bits per heavy atom. The highest BCUT2D eigenvalue weighted by Gasteiger charge is 2.28. The lowest BCUT2D eigenvalue weighted by Gasteiger charge is -2.17. The highest BCUT2D eigenvalue weighted by atomic mass is 16.6. The van der Waals surface area contributed by atoms with Crippen molar-refractivity contribution in [3.8, 4) is 0 Å². The number of esters is 1. The number of carbonyl (C=O) groups is 3. The summed E-state index contributed by atoms with van der Waals surface area (Å²) >= 11 is 0. The molecule has 1 aromatic rings.